The Morgan fingerprint density at radius 3 is 3.11 bits per heavy atom. The van der Waals surface area contributed by atoms with Gasteiger partial charge in [0.05, 0.1) is 11.4 Å². The van der Waals surface area contributed by atoms with Gasteiger partial charge in [0.25, 0.3) is 0 Å². The first-order valence-corrected chi connectivity index (χ1v) is 7.10. The molecule has 0 bridgehead atoms. The Bertz CT molecular complexity index is 541. The van der Waals surface area contributed by atoms with E-state index in [1.54, 1.807) is 0 Å². The number of nitrogens with zero attached hydrogens (tertiary/aromatic N) is 3. The lowest BCUT2D eigenvalue weighted by atomic mass is 10.1. The number of hydrogen-bond donors (Lipinski definition) is 1. The highest BCUT2D eigenvalue weighted by Gasteiger charge is 2.17. The molecule has 0 spiro atoms. The van der Waals surface area contributed by atoms with Crippen LogP contribution in [0.1, 0.15) is 37.8 Å². The lowest BCUT2D eigenvalue weighted by Crippen LogP contribution is -2.13. The monoisotopic (exact) mass is 256 g/mol. The second kappa shape index (κ2) is 5.53. The lowest BCUT2D eigenvalue weighted by Gasteiger charge is -2.12. The summed E-state index contributed by atoms with van der Waals surface area (Å²) in [6.45, 7) is 4.23. The first kappa shape index (κ1) is 12.4. The van der Waals surface area contributed by atoms with Crippen molar-refractivity contribution in [3.8, 4) is 11.4 Å². The predicted octanol–water partition coefficient (Wildman–Crippen LogP) is 2.78. The Morgan fingerprint density at radius 1 is 1.37 bits per heavy atom. The van der Waals surface area contributed by atoms with Gasteiger partial charge >= 0.3 is 0 Å². The fraction of sp³-hybridized carbons (Fsp3) is 0.467. The van der Waals surface area contributed by atoms with Gasteiger partial charge in [-0.05, 0) is 49.6 Å². The standard InChI is InChI=1S/C15H20N4/c1-2-10-19-15(6-9-18-19)14-11-12(5-8-17-14)13-4-3-7-16-13/h5-6,8-9,11,13,16H,2-4,7,10H2,1H3/t13-/m1/s1. The van der Waals surface area contributed by atoms with Crippen molar-refractivity contribution in [3.63, 3.8) is 0 Å². The molecule has 1 atom stereocenters. The van der Waals surface area contributed by atoms with Crippen molar-refractivity contribution in [2.24, 2.45) is 0 Å². The Balaban J connectivity index is 1.91. The molecule has 0 aromatic carbocycles. The summed E-state index contributed by atoms with van der Waals surface area (Å²) in [5, 5.41) is 7.91. The third-order valence-electron chi connectivity index (χ3n) is 3.66. The third kappa shape index (κ3) is 2.54. The molecule has 19 heavy (non-hydrogen) atoms. The average molecular weight is 256 g/mol. The predicted molar refractivity (Wildman–Crippen MR) is 75.7 cm³/mol. The molecule has 1 aliphatic rings. The summed E-state index contributed by atoms with van der Waals surface area (Å²) in [6, 6.07) is 6.85. The minimum atomic E-state index is 0.490. The van der Waals surface area contributed by atoms with E-state index >= 15 is 0 Å². The molecule has 0 amide bonds. The number of rotatable bonds is 4. The maximum absolute atomic E-state index is 4.51. The van der Waals surface area contributed by atoms with Crippen LogP contribution in [0.25, 0.3) is 11.4 Å². The maximum Gasteiger partial charge on any atom is 0.0886 e. The molecule has 1 N–H and O–H groups in total. The zero-order chi connectivity index (χ0) is 13.1. The molecule has 2 aromatic rings. The van der Waals surface area contributed by atoms with Gasteiger partial charge < -0.3 is 5.32 Å². The van der Waals surface area contributed by atoms with Gasteiger partial charge in [-0.1, -0.05) is 6.92 Å². The van der Waals surface area contributed by atoms with E-state index in [2.05, 4.69) is 34.5 Å². The summed E-state index contributed by atoms with van der Waals surface area (Å²) < 4.78 is 2.04. The van der Waals surface area contributed by atoms with Crippen LogP contribution in [0.15, 0.2) is 30.6 Å². The number of pyridine rings is 1. The van der Waals surface area contributed by atoms with Crippen molar-refractivity contribution in [1.82, 2.24) is 20.1 Å². The fourth-order valence-corrected chi connectivity index (χ4v) is 2.71. The smallest absolute Gasteiger partial charge is 0.0886 e. The normalized spacial score (nSPS) is 18.9. The van der Waals surface area contributed by atoms with Crippen LogP contribution in [0.2, 0.25) is 0 Å². The van der Waals surface area contributed by atoms with E-state index in [1.165, 1.54) is 18.4 Å². The van der Waals surface area contributed by atoms with Crippen LogP contribution >= 0.6 is 0 Å². The van der Waals surface area contributed by atoms with E-state index in [0.717, 1.165) is 30.9 Å². The Labute approximate surface area is 113 Å². The summed E-state index contributed by atoms with van der Waals surface area (Å²) in [5.41, 5.74) is 3.48. The van der Waals surface area contributed by atoms with Gasteiger partial charge in [0, 0.05) is 25.0 Å². The van der Waals surface area contributed by atoms with Gasteiger partial charge in [-0.3, -0.25) is 9.67 Å². The van der Waals surface area contributed by atoms with Gasteiger partial charge in [0.2, 0.25) is 0 Å². The van der Waals surface area contributed by atoms with Crippen molar-refractivity contribution >= 4 is 0 Å². The molecule has 0 saturated carbocycles. The van der Waals surface area contributed by atoms with Crippen LogP contribution in [0.3, 0.4) is 0 Å². The molecule has 1 fully saturated rings. The quantitative estimate of drug-likeness (QED) is 0.914. The molecule has 0 radical (unpaired) electrons. The van der Waals surface area contributed by atoms with Crippen LogP contribution in [0.5, 0.6) is 0 Å². The van der Waals surface area contributed by atoms with Crippen LogP contribution in [-0.2, 0) is 6.54 Å². The van der Waals surface area contributed by atoms with Crippen molar-refractivity contribution in [2.45, 2.75) is 38.8 Å². The SMILES string of the molecule is CCCn1nccc1-c1cc([C@H]2CCCN2)ccn1. The Kier molecular flexibility index (Phi) is 3.60. The highest BCUT2D eigenvalue weighted by atomic mass is 15.3. The van der Waals surface area contributed by atoms with E-state index < -0.39 is 0 Å². The van der Waals surface area contributed by atoms with Crippen LogP contribution in [-0.4, -0.2) is 21.3 Å². The second-order valence-corrected chi connectivity index (χ2v) is 5.06. The maximum atomic E-state index is 4.51. The van der Waals surface area contributed by atoms with Crippen molar-refractivity contribution in [2.75, 3.05) is 6.54 Å². The average Bonchev–Trinajstić information content (AvgIpc) is 3.10. The molecule has 1 saturated heterocycles. The molecule has 0 aliphatic carbocycles. The number of aryl methyl sites for hydroxylation is 1. The molecule has 3 rings (SSSR count). The molecular formula is C15H20N4. The van der Waals surface area contributed by atoms with Crippen LogP contribution in [0, 0.1) is 0 Å². The zero-order valence-electron chi connectivity index (χ0n) is 11.3. The minimum absolute atomic E-state index is 0.490. The molecule has 1 aliphatic heterocycles. The molecule has 3 heterocycles. The molecule has 2 aromatic heterocycles. The highest BCUT2D eigenvalue weighted by Crippen LogP contribution is 2.26. The lowest BCUT2D eigenvalue weighted by molar-refractivity contribution is 0.607. The summed E-state index contributed by atoms with van der Waals surface area (Å²) in [4.78, 5) is 4.51. The molecule has 100 valence electrons. The first-order chi connectivity index (χ1) is 9.38. The number of hydrogen-bond acceptors (Lipinski definition) is 3. The number of aromatic nitrogens is 3. The van der Waals surface area contributed by atoms with E-state index in [1.807, 2.05) is 23.1 Å². The second-order valence-electron chi connectivity index (χ2n) is 5.06. The van der Waals surface area contributed by atoms with Gasteiger partial charge in [-0.15, -0.1) is 0 Å². The van der Waals surface area contributed by atoms with Crippen LogP contribution < -0.4 is 5.32 Å². The topological polar surface area (TPSA) is 42.7 Å². The van der Waals surface area contributed by atoms with Crippen molar-refractivity contribution < 1.29 is 0 Å². The third-order valence-corrected chi connectivity index (χ3v) is 3.66. The highest BCUT2D eigenvalue weighted by molar-refractivity contribution is 5.55. The van der Waals surface area contributed by atoms with Gasteiger partial charge in [-0.25, -0.2) is 0 Å². The summed E-state index contributed by atoms with van der Waals surface area (Å²) in [6.07, 6.45) is 7.33. The minimum Gasteiger partial charge on any atom is -0.310 e. The van der Waals surface area contributed by atoms with Gasteiger partial charge in [0.1, 0.15) is 0 Å². The molecule has 0 unspecified atom stereocenters. The van der Waals surface area contributed by atoms with Gasteiger partial charge in [-0.2, -0.15) is 5.10 Å². The van der Waals surface area contributed by atoms with Crippen molar-refractivity contribution in [3.05, 3.63) is 36.2 Å². The van der Waals surface area contributed by atoms with E-state index in [0.29, 0.717) is 6.04 Å². The van der Waals surface area contributed by atoms with E-state index in [4.69, 9.17) is 0 Å². The van der Waals surface area contributed by atoms with Crippen molar-refractivity contribution in [1.29, 1.82) is 0 Å². The Morgan fingerprint density at radius 2 is 2.32 bits per heavy atom. The molecule has 4 heteroatoms. The summed E-state index contributed by atoms with van der Waals surface area (Å²) >= 11 is 0. The Hall–Kier alpha value is -1.68. The largest absolute Gasteiger partial charge is 0.310 e. The van der Waals surface area contributed by atoms with E-state index in [9.17, 15) is 0 Å². The van der Waals surface area contributed by atoms with Gasteiger partial charge in [0.15, 0.2) is 0 Å². The summed E-state index contributed by atoms with van der Waals surface area (Å²) in [7, 11) is 0. The molecular weight excluding hydrogens is 236 g/mol. The van der Waals surface area contributed by atoms with E-state index in [-0.39, 0.29) is 0 Å². The van der Waals surface area contributed by atoms with Crippen LogP contribution in [0.4, 0.5) is 0 Å². The summed E-state index contributed by atoms with van der Waals surface area (Å²) in [5.74, 6) is 0. The first-order valence-electron chi connectivity index (χ1n) is 7.10. The molecule has 4 nitrogen and oxygen atoms in total. The number of nitrogens with one attached hydrogen (secondary N) is 1. The zero-order valence-corrected chi connectivity index (χ0v) is 11.3. The fourth-order valence-electron chi connectivity index (χ4n) is 2.71.